The van der Waals surface area contributed by atoms with Crippen molar-refractivity contribution >= 4 is 29.2 Å². The predicted molar refractivity (Wildman–Crippen MR) is 99.9 cm³/mol. The molecule has 0 saturated heterocycles. The number of carbonyl (C=O) groups excluding carboxylic acids is 3. The van der Waals surface area contributed by atoms with Crippen LogP contribution in [-0.4, -0.2) is 17.8 Å². The van der Waals surface area contributed by atoms with Crippen molar-refractivity contribution in [3.63, 3.8) is 0 Å². The van der Waals surface area contributed by atoms with Gasteiger partial charge in [0.2, 0.25) is 5.91 Å². The Morgan fingerprint density at radius 1 is 0.893 bits per heavy atom. The van der Waals surface area contributed by atoms with Crippen LogP contribution in [0.25, 0.3) is 0 Å². The second-order valence-corrected chi connectivity index (χ2v) is 6.81. The van der Waals surface area contributed by atoms with Crippen LogP contribution in [0.2, 0.25) is 0 Å². The molecule has 0 heterocycles. The second-order valence-electron chi connectivity index (χ2n) is 6.81. The summed E-state index contributed by atoms with van der Waals surface area (Å²) in [5.74, 6) is -4.05. The number of nitrogens with one attached hydrogen (secondary N) is 2. The highest BCUT2D eigenvalue weighted by molar-refractivity contribution is 6.10. The number of carboxylic acid groups (broad SMARTS) is 1. The maximum atomic E-state index is 13.0. The van der Waals surface area contributed by atoms with Gasteiger partial charge in [-0.25, -0.2) is 4.39 Å². The minimum absolute atomic E-state index is 0.223. The number of carboxylic acids is 1. The van der Waals surface area contributed by atoms with Crippen LogP contribution in [0.5, 0.6) is 0 Å². The van der Waals surface area contributed by atoms with Gasteiger partial charge in [0.25, 0.3) is 5.91 Å². The summed E-state index contributed by atoms with van der Waals surface area (Å²) in [5, 5.41) is 16.7. The fraction of sp³-hybridized carbons (Fsp3) is 0.286. The van der Waals surface area contributed by atoms with Gasteiger partial charge in [0, 0.05) is 23.5 Å². The Hall–Kier alpha value is -3.22. The van der Waals surface area contributed by atoms with E-state index in [0.29, 0.717) is 18.5 Å². The molecule has 2 N–H and O–H groups in total. The number of carbonyl (C=O) groups is 3. The molecule has 1 fully saturated rings. The fourth-order valence-corrected chi connectivity index (χ4v) is 3.47. The zero-order valence-corrected chi connectivity index (χ0v) is 15.1. The molecule has 2 aromatic carbocycles. The Balaban J connectivity index is 1.76. The molecule has 7 heteroatoms. The van der Waals surface area contributed by atoms with Crippen LogP contribution in [0.3, 0.4) is 0 Å². The number of halogens is 1. The molecular weight excluding hydrogens is 363 g/mol. The van der Waals surface area contributed by atoms with Crippen LogP contribution < -0.4 is 15.7 Å². The van der Waals surface area contributed by atoms with Crippen molar-refractivity contribution in [2.45, 2.75) is 25.7 Å². The van der Waals surface area contributed by atoms with Crippen LogP contribution in [-0.2, 0) is 9.59 Å². The molecule has 0 spiro atoms. The molecule has 2 atom stereocenters. The first-order valence-electron chi connectivity index (χ1n) is 9.13. The predicted octanol–water partition coefficient (Wildman–Crippen LogP) is 2.57. The summed E-state index contributed by atoms with van der Waals surface area (Å²) < 4.78 is 13.0. The summed E-state index contributed by atoms with van der Waals surface area (Å²) in [7, 11) is 0. The second kappa shape index (κ2) is 8.65. The minimum Gasteiger partial charge on any atom is -0.550 e. The van der Waals surface area contributed by atoms with Crippen molar-refractivity contribution < 1.29 is 23.9 Å². The van der Waals surface area contributed by atoms with E-state index in [4.69, 9.17) is 0 Å². The molecule has 1 saturated carbocycles. The highest BCUT2D eigenvalue weighted by atomic mass is 19.1. The number of benzene rings is 2. The maximum Gasteiger partial charge on any atom is 0.257 e. The Labute approximate surface area is 161 Å². The van der Waals surface area contributed by atoms with E-state index in [-0.39, 0.29) is 11.3 Å². The molecule has 3 rings (SSSR count). The monoisotopic (exact) mass is 383 g/mol. The molecule has 146 valence electrons. The number of hydrogen-bond acceptors (Lipinski definition) is 4. The first-order valence-corrected chi connectivity index (χ1v) is 9.13. The molecule has 0 bridgehead atoms. The van der Waals surface area contributed by atoms with Crippen molar-refractivity contribution in [1.82, 2.24) is 0 Å². The highest BCUT2D eigenvalue weighted by Crippen LogP contribution is 2.31. The summed E-state index contributed by atoms with van der Waals surface area (Å²) >= 11 is 0. The molecule has 2 aromatic rings. The first-order chi connectivity index (χ1) is 13.5. The van der Waals surface area contributed by atoms with Crippen molar-refractivity contribution in [3.8, 4) is 0 Å². The van der Waals surface area contributed by atoms with Crippen LogP contribution in [0.15, 0.2) is 48.5 Å². The standard InChI is InChI=1S/C21H21FN2O4/c22-13-9-11-14(12-10-13)23-20(26)17-7-3-4-8-18(17)24-19(25)15-5-1-2-6-16(15)21(27)28/h3-4,7-12,15-16H,1-2,5-6H2,(H,23,26)(H,24,25)(H,27,28)/p-1/t15-,16-/m0/s1. The molecule has 0 aromatic heterocycles. The van der Waals surface area contributed by atoms with Crippen molar-refractivity contribution in [2.24, 2.45) is 11.8 Å². The average Bonchev–Trinajstić information content (AvgIpc) is 2.70. The number of para-hydroxylation sites is 1. The molecule has 1 aliphatic carbocycles. The third-order valence-corrected chi connectivity index (χ3v) is 4.94. The molecule has 6 nitrogen and oxygen atoms in total. The Morgan fingerprint density at radius 2 is 1.54 bits per heavy atom. The number of amides is 2. The van der Waals surface area contributed by atoms with Gasteiger partial charge in [-0.3, -0.25) is 9.59 Å². The van der Waals surface area contributed by atoms with Gasteiger partial charge in [-0.2, -0.15) is 0 Å². The molecular formula is C21H20FN2O4-. The van der Waals surface area contributed by atoms with Gasteiger partial charge < -0.3 is 20.5 Å². The lowest BCUT2D eigenvalue weighted by molar-refractivity contribution is -0.313. The van der Waals surface area contributed by atoms with Crippen LogP contribution in [0, 0.1) is 17.7 Å². The number of anilines is 2. The Kier molecular flexibility index (Phi) is 6.03. The van der Waals surface area contributed by atoms with Crippen LogP contribution >= 0.6 is 0 Å². The van der Waals surface area contributed by atoms with Crippen LogP contribution in [0.4, 0.5) is 15.8 Å². The van der Waals surface area contributed by atoms with Crippen molar-refractivity contribution in [1.29, 1.82) is 0 Å². The summed E-state index contributed by atoms with van der Waals surface area (Å²) in [5.41, 5.74) is 0.924. The van der Waals surface area contributed by atoms with E-state index < -0.39 is 35.4 Å². The molecule has 1 aliphatic rings. The third kappa shape index (κ3) is 4.54. The summed E-state index contributed by atoms with van der Waals surface area (Å²) in [6.45, 7) is 0. The van der Waals surface area contributed by atoms with E-state index in [1.54, 1.807) is 24.3 Å². The summed E-state index contributed by atoms with van der Waals surface area (Å²) in [6, 6.07) is 11.8. The van der Waals surface area contributed by atoms with E-state index in [0.717, 1.165) is 12.8 Å². The van der Waals surface area contributed by atoms with E-state index in [1.807, 2.05) is 0 Å². The first kappa shape index (κ1) is 19.5. The molecule has 0 unspecified atom stereocenters. The number of aliphatic carboxylic acids is 1. The SMILES string of the molecule is O=C(Nc1ccc(F)cc1)c1ccccc1NC(=O)[C@H]1CCCC[C@@H]1C(=O)[O-]. The number of rotatable bonds is 5. The van der Waals surface area contributed by atoms with E-state index >= 15 is 0 Å². The average molecular weight is 383 g/mol. The van der Waals surface area contributed by atoms with Crippen LogP contribution in [0.1, 0.15) is 36.0 Å². The van der Waals surface area contributed by atoms with Gasteiger partial charge in [0.05, 0.1) is 11.3 Å². The largest absolute Gasteiger partial charge is 0.550 e. The molecule has 28 heavy (non-hydrogen) atoms. The molecule has 2 amide bonds. The molecule has 0 radical (unpaired) electrons. The summed E-state index contributed by atoms with van der Waals surface area (Å²) in [6.07, 6.45) is 2.40. The van der Waals surface area contributed by atoms with Gasteiger partial charge in [0.1, 0.15) is 5.82 Å². The lowest BCUT2D eigenvalue weighted by atomic mass is 9.78. The minimum atomic E-state index is -1.22. The van der Waals surface area contributed by atoms with Gasteiger partial charge >= 0.3 is 0 Å². The van der Waals surface area contributed by atoms with Gasteiger partial charge in [-0.05, 0) is 49.2 Å². The highest BCUT2D eigenvalue weighted by Gasteiger charge is 2.32. The van der Waals surface area contributed by atoms with E-state index in [1.165, 1.54) is 24.3 Å². The van der Waals surface area contributed by atoms with Gasteiger partial charge in [-0.15, -0.1) is 0 Å². The normalized spacial score (nSPS) is 18.9. The Morgan fingerprint density at radius 3 is 2.21 bits per heavy atom. The topological polar surface area (TPSA) is 98.3 Å². The van der Waals surface area contributed by atoms with E-state index in [2.05, 4.69) is 10.6 Å². The van der Waals surface area contributed by atoms with Crippen molar-refractivity contribution in [3.05, 3.63) is 59.9 Å². The lowest BCUT2D eigenvalue weighted by Crippen LogP contribution is -2.42. The van der Waals surface area contributed by atoms with E-state index in [9.17, 15) is 23.9 Å². The summed E-state index contributed by atoms with van der Waals surface area (Å²) in [4.78, 5) is 36.6. The maximum absolute atomic E-state index is 13.0. The van der Waals surface area contributed by atoms with Crippen molar-refractivity contribution in [2.75, 3.05) is 10.6 Å². The number of hydrogen-bond donors (Lipinski definition) is 2. The molecule has 0 aliphatic heterocycles. The fourth-order valence-electron chi connectivity index (χ4n) is 3.47. The van der Waals surface area contributed by atoms with Gasteiger partial charge in [-0.1, -0.05) is 25.0 Å². The van der Waals surface area contributed by atoms with Gasteiger partial charge in [0.15, 0.2) is 0 Å². The quantitative estimate of drug-likeness (QED) is 0.829. The Bertz CT molecular complexity index is 882. The third-order valence-electron chi connectivity index (χ3n) is 4.94. The smallest absolute Gasteiger partial charge is 0.257 e. The lowest BCUT2D eigenvalue weighted by Gasteiger charge is -2.31. The zero-order chi connectivity index (χ0) is 20.1. The zero-order valence-electron chi connectivity index (χ0n) is 15.1.